The largest absolute Gasteiger partial charge is 0.362 e. The molecule has 0 unspecified atom stereocenters. The van der Waals surface area contributed by atoms with Gasteiger partial charge in [-0.3, -0.25) is 19.3 Å². The first kappa shape index (κ1) is 14.7. The summed E-state index contributed by atoms with van der Waals surface area (Å²) in [7, 11) is 0. The summed E-state index contributed by atoms with van der Waals surface area (Å²) in [6.07, 6.45) is 0.0114. The molecule has 1 saturated heterocycles. The molecule has 0 atom stereocenters. The van der Waals surface area contributed by atoms with E-state index in [2.05, 4.69) is 5.32 Å². The fourth-order valence-corrected chi connectivity index (χ4v) is 1.83. The van der Waals surface area contributed by atoms with Crippen molar-refractivity contribution in [3.8, 4) is 6.07 Å². The SMILES string of the molecule is N#Cc1ccc(NC(=O)CCN2C(=O)COCC2=O)cc1. The molecule has 0 aromatic heterocycles. The van der Waals surface area contributed by atoms with Crippen molar-refractivity contribution in [1.82, 2.24) is 4.90 Å². The summed E-state index contributed by atoms with van der Waals surface area (Å²) < 4.78 is 4.78. The van der Waals surface area contributed by atoms with Crippen LogP contribution in [0.25, 0.3) is 0 Å². The second kappa shape index (κ2) is 6.63. The number of carbonyl (C=O) groups excluding carboxylic acids is 3. The molecule has 108 valence electrons. The predicted molar refractivity (Wildman–Crippen MR) is 71.9 cm³/mol. The van der Waals surface area contributed by atoms with Crippen molar-refractivity contribution in [2.24, 2.45) is 0 Å². The molecule has 0 radical (unpaired) electrons. The Balaban J connectivity index is 1.85. The van der Waals surface area contributed by atoms with E-state index >= 15 is 0 Å². The maximum Gasteiger partial charge on any atom is 0.255 e. The standard InChI is InChI=1S/C14H13N3O4/c15-7-10-1-3-11(4-2-10)16-12(18)5-6-17-13(19)8-21-9-14(17)20/h1-4H,5-6,8-9H2,(H,16,18). The molecule has 1 fully saturated rings. The Morgan fingerprint density at radius 2 is 1.86 bits per heavy atom. The van der Waals surface area contributed by atoms with Crippen LogP contribution < -0.4 is 5.32 Å². The Labute approximate surface area is 121 Å². The van der Waals surface area contributed by atoms with Crippen LogP contribution in [-0.4, -0.2) is 42.4 Å². The number of ether oxygens (including phenoxy) is 1. The maximum atomic E-state index is 11.8. The Hall–Kier alpha value is -2.72. The zero-order chi connectivity index (χ0) is 15.2. The topological polar surface area (TPSA) is 99.5 Å². The second-order valence-electron chi connectivity index (χ2n) is 4.42. The number of rotatable bonds is 4. The predicted octanol–water partition coefficient (Wildman–Crippen LogP) is 0.272. The van der Waals surface area contributed by atoms with Gasteiger partial charge in [0.2, 0.25) is 5.91 Å². The van der Waals surface area contributed by atoms with Gasteiger partial charge in [0, 0.05) is 18.7 Å². The van der Waals surface area contributed by atoms with Gasteiger partial charge in [-0.25, -0.2) is 0 Å². The molecule has 1 heterocycles. The summed E-state index contributed by atoms with van der Waals surface area (Å²) >= 11 is 0. The normalized spacial score (nSPS) is 14.7. The van der Waals surface area contributed by atoms with E-state index in [0.29, 0.717) is 11.3 Å². The summed E-state index contributed by atoms with van der Waals surface area (Å²) in [6.45, 7) is -0.241. The molecule has 21 heavy (non-hydrogen) atoms. The van der Waals surface area contributed by atoms with E-state index in [4.69, 9.17) is 10.00 Å². The van der Waals surface area contributed by atoms with Gasteiger partial charge in [0.25, 0.3) is 11.8 Å². The summed E-state index contributed by atoms with van der Waals surface area (Å²) in [6, 6.07) is 8.38. The molecule has 1 aromatic carbocycles. The molecular weight excluding hydrogens is 274 g/mol. The number of hydrogen-bond donors (Lipinski definition) is 1. The van der Waals surface area contributed by atoms with E-state index in [1.807, 2.05) is 6.07 Å². The van der Waals surface area contributed by atoms with Gasteiger partial charge < -0.3 is 10.1 Å². The molecule has 1 aromatic rings. The van der Waals surface area contributed by atoms with Crippen LogP contribution in [0.1, 0.15) is 12.0 Å². The lowest BCUT2D eigenvalue weighted by atomic mass is 10.2. The zero-order valence-corrected chi connectivity index (χ0v) is 11.2. The van der Waals surface area contributed by atoms with Crippen LogP contribution in [0.2, 0.25) is 0 Å². The van der Waals surface area contributed by atoms with E-state index in [0.717, 1.165) is 4.90 Å². The van der Waals surface area contributed by atoms with Crippen molar-refractivity contribution < 1.29 is 19.1 Å². The average Bonchev–Trinajstić information content (AvgIpc) is 2.47. The van der Waals surface area contributed by atoms with Crippen LogP contribution in [0.15, 0.2) is 24.3 Å². The van der Waals surface area contributed by atoms with Crippen molar-refractivity contribution >= 4 is 23.4 Å². The summed E-state index contributed by atoms with van der Waals surface area (Å²) in [4.78, 5) is 35.7. The molecule has 7 heteroatoms. The number of nitrogens with zero attached hydrogens (tertiary/aromatic N) is 2. The molecule has 0 spiro atoms. The van der Waals surface area contributed by atoms with Gasteiger partial charge >= 0.3 is 0 Å². The molecule has 7 nitrogen and oxygen atoms in total. The van der Waals surface area contributed by atoms with Gasteiger partial charge in [-0.05, 0) is 24.3 Å². The van der Waals surface area contributed by atoms with Gasteiger partial charge in [0.05, 0.1) is 11.6 Å². The maximum absolute atomic E-state index is 11.8. The molecule has 0 saturated carbocycles. The third kappa shape index (κ3) is 3.87. The van der Waals surface area contributed by atoms with E-state index in [1.165, 1.54) is 0 Å². The highest BCUT2D eigenvalue weighted by atomic mass is 16.5. The van der Waals surface area contributed by atoms with Gasteiger partial charge in [0.15, 0.2) is 0 Å². The first-order chi connectivity index (χ1) is 10.1. The van der Waals surface area contributed by atoms with Crippen molar-refractivity contribution in [3.05, 3.63) is 29.8 Å². The number of carbonyl (C=O) groups is 3. The van der Waals surface area contributed by atoms with Crippen LogP contribution in [0.3, 0.4) is 0 Å². The Morgan fingerprint density at radius 1 is 1.24 bits per heavy atom. The molecule has 1 aliphatic heterocycles. The van der Waals surface area contributed by atoms with Crippen LogP contribution >= 0.6 is 0 Å². The number of amides is 3. The third-order valence-corrected chi connectivity index (χ3v) is 2.91. The van der Waals surface area contributed by atoms with E-state index in [1.54, 1.807) is 24.3 Å². The third-order valence-electron chi connectivity index (χ3n) is 2.91. The second-order valence-corrected chi connectivity index (χ2v) is 4.42. The van der Waals surface area contributed by atoms with Gasteiger partial charge in [0.1, 0.15) is 13.2 Å². The Bertz CT molecular complexity index is 588. The first-order valence-corrected chi connectivity index (χ1v) is 6.31. The minimum absolute atomic E-state index is 0.0114. The Morgan fingerprint density at radius 3 is 2.43 bits per heavy atom. The summed E-state index contributed by atoms with van der Waals surface area (Å²) in [5, 5.41) is 11.3. The van der Waals surface area contributed by atoms with E-state index in [9.17, 15) is 14.4 Å². The highest BCUT2D eigenvalue weighted by molar-refractivity contribution is 5.99. The summed E-state index contributed by atoms with van der Waals surface area (Å²) in [5.41, 5.74) is 1.05. The number of anilines is 1. The van der Waals surface area contributed by atoms with Crippen molar-refractivity contribution in [2.45, 2.75) is 6.42 Å². The van der Waals surface area contributed by atoms with Gasteiger partial charge in [-0.2, -0.15) is 5.26 Å². The van der Waals surface area contributed by atoms with E-state index in [-0.39, 0.29) is 32.1 Å². The highest BCUT2D eigenvalue weighted by Gasteiger charge is 2.26. The fraction of sp³-hybridized carbons (Fsp3) is 0.286. The summed E-state index contributed by atoms with van der Waals surface area (Å²) in [5.74, 6) is -1.18. The molecule has 0 bridgehead atoms. The number of hydrogen-bond acceptors (Lipinski definition) is 5. The number of nitrogens with one attached hydrogen (secondary N) is 1. The van der Waals surface area contributed by atoms with Gasteiger partial charge in [-0.1, -0.05) is 0 Å². The fourth-order valence-electron chi connectivity index (χ4n) is 1.83. The van der Waals surface area contributed by atoms with Crippen LogP contribution in [-0.2, 0) is 19.1 Å². The average molecular weight is 287 g/mol. The van der Waals surface area contributed by atoms with Crippen LogP contribution in [0.5, 0.6) is 0 Å². The van der Waals surface area contributed by atoms with Crippen molar-refractivity contribution in [1.29, 1.82) is 5.26 Å². The lowest BCUT2D eigenvalue weighted by Gasteiger charge is -2.24. The van der Waals surface area contributed by atoms with Gasteiger partial charge in [-0.15, -0.1) is 0 Å². The minimum atomic E-state index is -0.433. The lowest BCUT2D eigenvalue weighted by Crippen LogP contribution is -2.47. The monoisotopic (exact) mass is 287 g/mol. The quantitative estimate of drug-likeness (QED) is 0.801. The smallest absolute Gasteiger partial charge is 0.255 e. The number of imide groups is 1. The van der Waals surface area contributed by atoms with Crippen molar-refractivity contribution in [3.63, 3.8) is 0 Å². The molecular formula is C14H13N3O4. The molecule has 1 aliphatic rings. The van der Waals surface area contributed by atoms with Crippen molar-refractivity contribution in [2.75, 3.05) is 25.1 Å². The molecule has 3 amide bonds. The number of benzene rings is 1. The first-order valence-electron chi connectivity index (χ1n) is 6.31. The molecule has 2 rings (SSSR count). The number of morpholine rings is 1. The van der Waals surface area contributed by atoms with Crippen LogP contribution in [0.4, 0.5) is 5.69 Å². The lowest BCUT2D eigenvalue weighted by molar-refractivity contribution is -0.158. The van der Waals surface area contributed by atoms with E-state index < -0.39 is 11.8 Å². The highest BCUT2D eigenvalue weighted by Crippen LogP contribution is 2.09. The molecule has 1 N–H and O–H groups in total. The Kier molecular flexibility index (Phi) is 4.64. The molecule has 0 aliphatic carbocycles. The minimum Gasteiger partial charge on any atom is -0.362 e. The zero-order valence-electron chi connectivity index (χ0n) is 11.2. The number of nitriles is 1. The van der Waals surface area contributed by atoms with Crippen LogP contribution in [0, 0.1) is 11.3 Å².